The summed E-state index contributed by atoms with van der Waals surface area (Å²) >= 11 is 0. The molecular formula is C16H17F2N. The highest BCUT2D eigenvalue weighted by molar-refractivity contribution is 5.27. The Kier molecular flexibility index (Phi) is 4.27. The van der Waals surface area contributed by atoms with Crippen molar-refractivity contribution >= 4 is 0 Å². The fourth-order valence-electron chi connectivity index (χ4n) is 2.24. The van der Waals surface area contributed by atoms with Gasteiger partial charge in [-0.25, -0.2) is 8.78 Å². The number of benzene rings is 2. The molecule has 1 nitrogen and oxygen atoms in total. The number of hydrogen-bond donors (Lipinski definition) is 1. The number of hydrogen-bond acceptors (Lipinski definition) is 1. The minimum Gasteiger partial charge on any atom is -0.313 e. The predicted molar refractivity (Wildman–Crippen MR) is 73.0 cm³/mol. The van der Waals surface area contributed by atoms with Gasteiger partial charge in [-0.2, -0.15) is 0 Å². The zero-order valence-electron chi connectivity index (χ0n) is 11.1. The number of likely N-dealkylation sites (N-methyl/N-ethyl adjacent to an activating group) is 1. The van der Waals surface area contributed by atoms with E-state index in [0.717, 1.165) is 11.6 Å². The minimum absolute atomic E-state index is 0.105. The summed E-state index contributed by atoms with van der Waals surface area (Å²) < 4.78 is 26.5. The molecule has 0 aromatic heterocycles. The van der Waals surface area contributed by atoms with Crippen molar-refractivity contribution in [1.82, 2.24) is 5.32 Å². The van der Waals surface area contributed by atoms with Gasteiger partial charge in [0.2, 0.25) is 0 Å². The summed E-state index contributed by atoms with van der Waals surface area (Å²) in [7, 11) is 1.79. The molecular weight excluding hydrogens is 244 g/mol. The lowest BCUT2D eigenvalue weighted by Crippen LogP contribution is -2.19. The van der Waals surface area contributed by atoms with Gasteiger partial charge in [0.15, 0.2) is 0 Å². The molecule has 100 valence electrons. The first-order valence-electron chi connectivity index (χ1n) is 6.27. The van der Waals surface area contributed by atoms with Crippen LogP contribution in [0.25, 0.3) is 0 Å². The maximum absolute atomic E-state index is 13.3. The van der Waals surface area contributed by atoms with E-state index in [0.29, 0.717) is 12.0 Å². The molecule has 0 aliphatic rings. The van der Waals surface area contributed by atoms with Crippen LogP contribution >= 0.6 is 0 Å². The zero-order chi connectivity index (χ0) is 13.8. The van der Waals surface area contributed by atoms with Gasteiger partial charge in [0.25, 0.3) is 0 Å². The number of rotatable bonds is 4. The molecule has 0 spiro atoms. The highest BCUT2D eigenvalue weighted by Crippen LogP contribution is 2.20. The third-order valence-corrected chi connectivity index (χ3v) is 3.16. The number of aryl methyl sites for hydroxylation is 1. The molecule has 1 unspecified atom stereocenters. The molecule has 0 saturated carbocycles. The van der Waals surface area contributed by atoms with E-state index in [2.05, 4.69) is 11.4 Å². The van der Waals surface area contributed by atoms with Crippen LogP contribution in [0.5, 0.6) is 0 Å². The lowest BCUT2D eigenvalue weighted by Gasteiger charge is -2.17. The number of halogens is 2. The standard InChI is InChI=1S/C16H17F2N/c1-11-4-3-5-12(6-11)7-16(19-2)13-8-14(17)10-15(18)9-13/h3-6,8-10,16,19H,7H2,1-2H3. The summed E-state index contributed by atoms with van der Waals surface area (Å²) in [6.07, 6.45) is 0.696. The molecule has 0 fully saturated rings. The third kappa shape index (κ3) is 3.61. The van der Waals surface area contributed by atoms with Gasteiger partial charge >= 0.3 is 0 Å². The van der Waals surface area contributed by atoms with Crippen molar-refractivity contribution in [2.24, 2.45) is 0 Å². The average Bonchev–Trinajstić information content (AvgIpc) is 2.34. The van der Waals surface area contributed by atoms with Crippen LogP contribution in [-0.2, 0) is 6.42 Å². The number of nitrogens with one attached hydrogen (secondary N) is 1. The van der Waals surface area contributed by atoms with Gasteiger partial charge in [0, 0.05) is 12.1 Å². The Morgan fingerprint density at radius 1 is 1.05 bits per heavy atom. The van der Waals surface area contributed by atoms with Gasteiger partial charge in [0.1, 0.15) is 11.6 Å². The Hall–Kier alpha value is -1.74. The van der Waals surface area contributed by atoms with Crippen molar-refractivity contribution in [3.63, 3.8) is 0 Å². The minimum atomic E-state index is -0.542. The first-order chi connectivity index (χ1) is 9.08. The molecule has 2 rings (SSSR count). The fourth-order valence-corrected chi connectivity index (χ4v) is 2.24. The smallest absolute Gasteiger partial charge is 0.126 e. The van der Waals surface area contributed by atoms with Crippen molar-refractivity contribution in [1.29, 1.82) is 0 Å². The van der Waals surface area contributed by atoms with Crippen LogP contribution in [-0.4, -0.2) is 7.05 Å². The monoisotopic (exact) mass is 261 g/mol. The average molecular weight is 261 g/mol. The largest absolute Gasteiger partial charge is 0.313 e. The predicted octanol–water partition coefficient (Wildman–Crippen LogP) is 3.78. The molecule has 0 saturated heterocycles. The van der Waals surface area contributed by atoms with Crippen LogP contribution < -0.4 is 5.32 Å². The molecule has 0 aliphatic carbocycles. The molecule has 3 heteroatoms. The molecule has 0 radical (unpaired) electrons. The summed E-state index contributed by atoms with van der Waals surface area (Å²) in [4.78, 5) is 0. The third-order valence-electron chi connectivity index (χ3n) is 3.16. The van der Waals surface area contributed by atoms with Crippen LogP contribution in [0.2, 0.25) is 0 Å². The van der Waals surface area contributed by atoms with E-state index in [1.807, 2.05) is 25.1 Å². The zero-order valence-corrected chi connectivity index (χ0v) is 11.1. The summed E-state index contributed by atoms with van der Waals surface area (Å²) in [6.45, 7) is 2.03. The molecule has 0 amide bonds. The Morgan fingerprint density at radius 2 is 1.74 bits per heavy atom. The highest BCUT2D eigenvalue weighted by Gasteiger charge is 2.12. The van der Waals surface area contributed by atoms with E-state index in [4.69, 9.17) is 0 Å². The second-order valence-electron chi connectivity index (χ2n) is 4.74. The topological polar surface area (TPSA) is 12.0 Å². The van der Waals surface area contributed by atoms with Gasteiger partial charge in [-0.05, 0) is 43.7 Å². The Bertz CT molecular complexity index is 546. The molecule has 0 bridgehead atoms. The van der Waals surface area contributed by atoms with Gasteiger partial charge in [-0.15, -0.1) is 0 Å². The van der Waals surface area contributed by atoms with Crippen LogP contribution in [0.4, 0.5) is 8.78 Å². The molecule has 1 atom stereocenters. The van der Waals surface area contributed by atoms with E-state index in [1.165, 1.54) is 17.7 Å². The Balaban J connectivity index is 2.24. The van der Waals surface area contributed by atoms with Crippen LogP contribution in [0.15, 0.2) is 42.5 Å². The van der Waals surface area contributed by atoms with Gasteiger partial charge in [-0.1, -0.05) is 29.8 Å². The van der Waals surface area contributed by atoms with E-state index >= 15 is 0 Å². The lowest BCUT2D eigenvalue weighted by atomic mass is 9.98. The second kappa shape index (κ2) is 5.93. The molecule has 0 heterocycles. The highest BCUT2D eigenvalue weighted by atomic mass is 19.1. The van der Waals surface area contributed by atoms with Crippen LogP contribution in [0.3, 0.4) is 0 Å². The SMILES string of the molecule is CNC(Cc1cccc(C)c1)c1cc(F)cc(F)c1. The molecule has 0 aliphatic heterocycles. The summed E-state index contributed by atoms with van der Waals surface area (Å²) in [6, 6.07) is 11.7. The maximum atomic E-state index is 13.3. The fraction of sp³-hybridized carbons (Fsp3) is 0.250. The molecule has 2 aromatic carbocycles. The van der Waals surface area contributed by atoms with Crippen molar-refractivity contribution in [3.8, 4) is 0 Å². The lowest BCUT2D eigenvalue weighted by molar-refractivity contribution is 0.551. The van der Waals surface area contributed by atoms with Crippen molar-refractivity contribution < 1.29 is 8.78 Å². The molecule has 1 N–H and O–H groups in total. The molecule has 2 aromatic rings. The summed E-state index contributed by atoms with van der Waals surface area (Å²) in [5.41, 5.74) is 2.95. The Labute approximate surface area is 112 Å². The molecule has 19 heavy (non-hydrogen) atoms. The normalized spacial score (nSPS) is 12.4. The van der Waals surface area contributed by atoms with Crippen molar-refractivity contribution in [3.05, 3.63) is 70.8 Å². The Morgan fingerprint density at radius 3 is 2.32 bits per heavy atom. The van der Waals surface area contributed by atoms with Crippen molar-refractivity contribution in [2.75, 3.05) is 7.05 Å². The first kappa shape index (κ1) is 13.7. The quantitative estimate of drug-likeness (QED) is 0.883. The van der Waals surface area contributed by atoms with E-state index < -0.39 is 11.6 Å². The van der Waals surface area contributed by atoms with Crippen molar-refractivity contribution in [2.45, 2.75) is 19.4 Å². The summed E-state index contributed by atoms with van der Waals surface area (Å²) in [5.74, 6) is -1.08. The second-order valence-corrected chi connectivity index (χ2v) is 4.74. The van der Waals surface area contributed by atoms with Gasteiger partial charge < -0.3 is 5.32 Å². The maximum Gasteiger partial charge on any atom is 0.126 e. The van der Waals surface area contributed by atoms with Crippen LogP contribution in [0.1, 0.15) is 22.7 Å². The van der Waals surface area contributed by atoms with Gasteiger partial charge in [0.05, 0.1) is 0 Å². The van der Waals surface area contributed by atoms with Gasteiger partial charge in [-0.3, -0.25) is 0 Å². The van der Waals surface area contributed by atoms with Crippen LogP contribution in [0, 0.1) is 18.6 Å². The van der Waals surface area contributed by atoms with E-state index in [1.54, 1.807) is 7.05 Å². The van der Waals surface area contributed by atoms with E-state index in [9.17, 15) is 8.78 Å². The van der Waals surface area contributed by atoms with E-state index in [-0.39, 0.29) is 6.04 Å². The summed E-state index contributed by atoms with van der Waals surface area (Å²) in [5, 5.41) is 3.11. The first-order valence-corrected chi connectivity index (χ1v) is 6.27.